The van der Waals surface area contributed by atoms with Gasteiger partial charge in [-0.1, -0.05) is 61.8 Å². The van der Waals surface area contributed by atoms with E-state index in [0.717, 1.165) is 29.0 Å². The van der Waals surface area contributed by atoms with E-state index in [1.54, 1.807) is 11.3 Å². The summed E-state index contributed by atoms with van der Waals surface area (Å²) in [7, 11) is 0. The molecule has 0 fully saturated rings. The fourth-order valence-electron chi connectivity index (χ4n) is 2.19. The molecule has 0 radical (unpaired) electrons. The average molecular weight is 367 g/mol. The monoisotopic (exact) mass is 366 g/mol. The van der Waals surface area contributed by atoms with Gasteiger partial charge in [0.2, 0.25) is 0 Å². The Balaban J connectivity index is 2.38. The highest BCUT2D eigenvalue weighted by Crippen LogP contribution is 2.37. The van der Waals surface area contributed by atoms with Crippen LogP contribution >= 0.6 is 27.3 Å². The summed E-state index contributed by atoms with van der Waals surface area (Å²) >= 11 is 5.43. The summed E-state index contributed by atoms with van der Waals surface area (Å²) < 4.78 is 1.10. The summed E-state index contributed by atoms with van der Waals surface area (Å²) in [5, 5.41) is 4.60. The first-order valence-electron chi connectivity index (χ1n) is 7.39. The smallest absolute Gasteiger partial charge is 0.125 e. The van der Waals surface area contributed by atoms with Crippen molar-refractivity contribution in [2.75, 3.05) is 6.54 Å². The highest BCUT2D eigenvalue weighted by atomic mass is 79.9. The fraction of sp³-hybridized carbons (Fsp3) is 0.471. The first kappa shape index (κ1) is 16.7. The van der Waals surface area contributed by atoms with Gasteiger partial charge in [-0.15, -0.1) is 11.3 Å². The molecule has 0 saturated carbocycles. The van der Waals surface area contributed by atoms with Crippen molar-refractivity contribution in [1.29, 1.82) is 0 Å². The minimum Gasteiger partial charge on any atom is -0.312 e. The van der Waals surface area contributed by atoms with E-state index in [9.17, 15) is 0 Å². The molecule has 0 atom stereocenters. The van der Waals surface area contributed by atoms with Crippen LogP contribution in [-0.2, 0) is 12.0 Å². The molecule has 1 heterocycles. The van der Waals surface area contributed by atoms with E-state index in [4.69, 9.17) is 4.98 Å². The van der Waals surface area contributed by atoms with E-state index < -0.39 is 0 Å². The number of nitrogens with zero attached hydrogens (tertiary/aromatic N) is 1. The van der Waals surface area contributed by atoms with E-state index >= 15 is 0 Å². The number of thiazole rings is 1. The average Bonchev–Trinajstić information content (AvgIpc) is 2.83. The van der Waals surface area contributed by atoms with Gasteiger partial charge < -0.3 is 5.32 Å². The standard InChI is InChI=1S/C17H23BrN2S/c1-5-10-19-11-14-15(17(2,3)4)20-16(21-14)12-8-6-7-9-13(12)18/h6-9,19H,5,10-11H2,1-4H3. The summed E-state index contributed by atoms with van der Waals surface area (Å²) in [6.45, 7) is 10.8. The number of halogens is 1. The molecule has 1 aromatic heterocycles. The van der Waals surface area contributed by atoms with Gasteiger partial charge in [-0.05, 0) is 19.0 Å². The molecule has 114 valence electrons. The molecular formula is C17H23BrN2S. The van der Waals surface area contributed by atoms with Crippen LogP contribution in [0.1, 0.15) is 44.7 Å². The molecule has 0 bridgehead atoms. The molecule has 0 saturated heterocycles. The molecule has 4 heteroatoms. The number of nitrogens with one attached hydrogen (secondary N) is 1. The molecule has 1 N–H and O–H groups in total. The molecule has 0 spiro atoms. The molecule has 0 aliphatic carbocycles. The Labute approximate surface area is 140 Å². The number of aromatic nitrogens is 1. The zero-order valence-electron chi connectivity index (χ0n) is 13.2. The second kappa shape index (κ2) is 7.03. The van der Waals surface area contributed by atoms with Crippen molar-refractivity contribution < 1.29 is 0 Å². The lowest BCUT2D eigenvalue weighted by atomic mass is 9.91. The molecule has 0 unspecified atom stereocenters. The molecule has 1 aromatic carbocycles. The van der Waals surface area contributed by atoms with Crippen molar-refractivity contribution in [3.05, 3.63) is 39.3 Å². The lowest BCUT2D eigenvalue weighted by molar-refractivity contribution is 0.559. The lowest BCUT2D eigenvalue weighted by Crippen LogP contribution is -2.19. The molecule has 2 rings (SSSR count). The van der Waals surface area contributed by atoms with Gasteiger partial charge in [-0.2, -0.15) is 0 Å². The van der Waals surface area contributed by atoms with Crippen LogP contribution in [0.4, 0.5) is 0 Å². The van der Waals surface area contributed by atoms with Crippen molar-refractivity contribution in [2.24, 2.45) is 0 Å². The summed E-state index contributed by atoms with van der Waals surface area (Å²) in [6, 6.07) is 8.30. The van der Waals surface area contributed by atoms with Crippen molar-refractivity contribution >= 4 is 27.3 Å². The second-order valence-corrected chi connectivity index (χ2v) is 8.14. The zero-order chi connectivity index (χ0) is 15.5. The van der Waals surface area contributed by atoms with E-state index in [-0.39, 0.29) is 5.41 Å². The normalized spacial score (nSPS) is 11.9. The Kier molecular flexibility index (Phi) is 5.58. The second-order valence-electron chi connectivity index (χ2n) is 6.20. The largest absolute Gasteiger partial charge is 0.312 e. The van der Waals surface area contributed by atoms with E-state index in [2.05, 4.69) is 67.1 Å². The molecule has 21 heavy (non-hydrogen) atoms. The molecule has 0 amide bonds. The summed E-state index contributed by atoms with van der Waals surface area (Å²) in [5.41, 5.74) is 2.45. The summed E-state index contributed by atoms with van der Waals surface area (Å²) in [5.74, 6) is 0. The highest BCUT2D eigenvalue weighted by Gasteiger charge is 2.23. The minimum atomic E-state index is 0.0687. The maximum Gasteiger partial charge on any atom is 0.125 e. The Hall–Kier alpha value is -0.710. The van der Waals surface area contributed by atoms with Crippen LogP contribution in [0.2, 0.25) is 0 Å². The number of hydrogen-bond acceptors (Lipinski definition) is 3. The van der Waals surface area contributed by atoms with Gasteiger partial charge in [0.15, 0.2) is 0 Å². The van der Waals surface area contributed by atoms with Gasteiger partial charge in [0.05, 0.1) is 5.69 Å². The molecular weight excluding hydrogens is 344 g/mol. The van der Waals surface area contributed by atoms with Gasteiger partial charge in [0.25, 0.3) is 0 Å². The van der Waals surface area contributed by atoms with Crippen LogP contribution in [0.15, 0.2) is 28.7 Å². The zero-order valence-corrected chi connectivity index (χ0v) is 15.6. The molecule has 0 aliphatic rings. The Morgan fingerprint density at radius 3 is 2.57 bits per heavy atom. The predicted octanol–water partition coefficient (Wildman–Crippen LogP) is 5.37. The first-order chi connectivity index (χ1) is 9.93. The third-order valence-corrected chi connectivity index (χ3v) is 5.00. The molecule has 2 nitrogen and oxygen atoms in total. The molecule has 0 aliphatic heterocycles. The fourth-order valence-corrected chi connectivity index (χ4v) is 4.07. The Morgan fingerprint density at radius 2 is 1.95 bits per heavy atom. The van der Waals surface area contributed by atoms with Crippen LogP contribution in [-0.4, -0.2) is 11.5 Å². The Morgan fingerprint density at radius 1 is 1.24 bits per heavy atom. The van der Waals surface area contributed by atoms with Gasteiger partial charge >= 0.3 is 0 Å². The van der Waals surface area contributed by atoms with Crippen molar-refractivity contribution in [1.82, 2.24) is 10.3 Å². The number of benzene rings is 1. The van der Waals surface area contributed by atoms with E-state index in [1.807, 2.05) is 6.07 Å². The van der Waals surface area contributed by atoms with Crippen LogP contribution in [0.3, 0.4) is 0 Å². The SMILES string of the molecule is CCCNCc1sc(-c2ccccc2Br)nc1C(C)(C)C. The first-order valence-corrected chi connectivity index (χ1v) is 9.00. The summed E-state index contributed by atoms with van der Waals surface area (Å²) in [6.07, 6.45) is 1.15. The molecule has 2 aromatic rings. The van der Waals surface area contributed by atoms with E-state index in [0.29, 0.717) is 0 Å². The predicted molar refractivity (Wildman–Crippen MR) is 95.9 cm³/mol. The van der Waals surface area contributed by atoms with Crippen LogP contribution in [0.25, 0.3) is 10.6 Å². The van der Waals surface area contributed by atoms with Crippen LogP contribution in [0.5, 0.6) is 0 Å². The van der Waals surface area contributed by atoms with Crippen molar-refractivity contribution in [2.45, 2.75) is 46.1 Å². The number of hydrogen-bond donors (Lipinski definition) is 1. The quantitative estimate of drug-likeness (QED) is 0.719. The number of rotatable bonds is 5. The Bertz CT molecular complexity index is 599. The topological polar surface area (TPSA) is 24.9 Å². The minimum absolute atomic E-state index is 0.0687. The van der Waals surface area contributed by atoms with Gasteiger partial charge in [0.1, 0.15) is 5.01 Å². The third-order valence-electron chi connectivity index (χ3n) is 3.22. The van der Waals surface area contributed by atoms with Crippen LogP contribution < -0.4 is 5.32 Å². The third kappa shape index (κ3) is 4.15. The maximum absolute atomic E-state index is 4.94. The lowest BCUT2D eigenvalue weighted by Gasteiger charge is -2.17. The van der Waals surface area contributed by atoms with Gasteiger partial charge in [-0.25, -0.2) is 4.98 Å². The van der Waals surface area contributed by atoms with Crippen LogP contribution in [0, 0.1) is 0 Å². The van der Waals surface area contributed by atoms with Crippen molar-refractivity contribution in [3.8, 4) is 10.6 Å². The van der Waals surface area contributed by atoms with Crippen molar-refractivity contribution in [3.63, 3.8) is 0 Å². The summed E-state index contributed by atoms with van der Waals surface area (Å²) in [4.78, 5) is 6.29. The van der Waals surface area contributed by atoms with Gasteiger partial charge in [-0.3, -0.25) is 0 Å². The van der Waals surface area contributed by atoms with E-state index in [1.165, 1.54) is 16.1 Å². The van der Waals surface area contributed by atoms with Gasteiger partial charge in [0, 0.05) is 26.9 Å². The maximum atomic E-state index is 4.94. The highest BCUT2D eigenvalue weighted by molar-refractivity contribution is 9.10.